The summed E-state index contributed by atoms with van der Waals surface area (Å²) in [6, 6.07) is 0. The molecule has 0 aromatic carbocycles. The van der Waals surface area contributed by atoms with Gasteiger partial charge in [-0.05, 0) is 0 Å². The third-order valence-corrected chi connectivity index (χ3v) is 3.02. The minimum Gasteiger partial charge on any atom is -0.376 e. The van der Waals surface area contributed by atoms with Gasteiger partial charge in [-0.25, -0.2) is 0 Å². The highest BCUT2D eigenvalue weighted by molar-refractivity contribution is 9.09. The van der Waals surface area contributed by atoms with Gasteiger partial charge in [0.05, 0.1) is 26.4 Å². The summed E-state index contributed by atoms with van der Waals surface area (Å²) in [4.78, 5) is 0. The quantitative estimate of drug-likeness (QED) is 0.608. The van der Waals surface area contributed by atoms with Crippen molar-refractivity contribution >= 4 is 15.9 Å². The predicted molar refractivity (Wildman–Crippen MR) is 43.0 cm³/mol. The molecule has 0 aromatic rings. The molecule has 3 nitrogen and oxygen atoms in total. The van der Waals surface area contributed by atoms with Gasteiger partial charge in [-0.1, -0.05) is 15.9 Å². The lowest BCUT2D eigenvalue weighted by atomic mass is 10.1. The predicted octanol–water partition coefficient (Wildman–Crippen LogP) is 0.566. The number of ether oxygens (including phenoxy) is 3. The zero-order chi connectivity index (χ0) is 7.73. The van der Waals surface area contributed by atoms with Crippen LogP contribution in [0.25, 0.3) is 0 Å². The second kappa shape index (κ2) is 3.01. The Morgan fingerprint density at radius 3 is 2.36 bits per heavy atom. The number of fused-ring (bicyclic) bond motifs is 2. The molecule has 2 heterocycles. The molecule has 0 aliphatic carbocycles. The molecule has 0 atom stereocenters. The van der Waals surface area contributed by atoms with Gasteiger partial charge in [-0.3, -0.25) is 0 Å². The van der Waals surface area contributed by atoms with Crippen molar-refractivity contribution in [3.05, 3.63) is 0 Å². The number of hydrogen-bond donors (Lipinski definition) is 0. The summed E-state index contributed by atoms with van der Waals surface area (Å²) in [6.45, 7) is 2.65. The van der Waals surface area contributed by atoms with Gasteiger partial charge in [-0.15, -0.1) is 0 Å². The topological polar surface area (TPSA) is 27.7 Å². The van der Waals surface area contributed by atoms with Gasteiger partial charge in [0.1, 0.15) is 11.7 Å². The van der Waals surface area contributed by atoms with Gasteiger partial charge in [0, 0.05) is 5.33 Å². The van der Waals surface area contributed by atoms with Gasteiger partial charge in [0.25, 0.3) is 0 Å². The second-order valence-corrected chi connectivity index (χ2v) is 3.65. The molecule has 2 aliphatic heterocycles. The molecule has 11 heavy (non-hydrogen) atoms. The molecular formula is C7H11BrO3. The van der Waals surface area contributed by atoms with Crippen molar-refractivity contribution in [2.45, 2.75) is 11.7 Å². The van der Waals surface area contributed by atoms with Gasteiger partial charge in [0.15, 0.2) is 0 Å². The van der Waals surface area contributed by atoms with Crippen LogP contribution in [0.3, 0.4) is 0 Å². The Bertz CT molecular complexity index is 141. The Kier molecular flexibility index (Phi) is 2.19. The van der Waals surface area contributed by atoms with Crippen molar-refractivity contribution in [2.24, 2.45) is 0 Å². The molecule has 2 rings (SSSR count). The molecule has 0 saturated carbocycles. The van der Waals surface area contributed by atoms with E-state index in [1.807, 2.05) is 0 Å². The highest BCUT2D eigenvalue weighted by Gasteiger charge is 2.41. The Balaban J connectivity index is 2.07. The van der Waals surface area contributed by atoms with Crippen LogP contribution in [0.5, 0.6) is 0 Å². The molecule has 0 amide bonds. The zero-order valence-electron chi connectivity index (χ0n) is 6.22. The fourth-order valence-electron chi connectivity index (χ4n) is 1.44. The van der Waals surface area contributed by atoms with E-state index in [4.69, 9.17) is 14.2 Å². The lowest BCUT2D eigenvalue weighted by Crippen LogP contribution is -2.57. The van der Waals surface area contributed by atoms with Crippen LogP contribution in [-0.4, -0.2) is 43.5 Å². The molecule has 0 aromatic heterocycles. The van der Waals surface area contributed by atoms with Gasteiger partial charge in [0.2, 0.25) is 0 Å². The molecular weight excluding hydrogens is 212 g/mol. The van der Waals surface area contributed by atoms with Crippen molar-refractivity contribution in [1.29, 1.82) is 0 Å². The first-order valence-corrected chi connectivity index (χ1v) is 4.86. The fraction of sp³-hybridized carbons (Fsp3) is 1.00. The van der Waals surface area contributed by atoms with E-state index in [9.17, 15) is 0 Å². The van der Waals surface area contributed by atoms with Gasteiger partial charge < -0.3 is 14.2 Å². The summed E-state index contributed by atoms with van der Waals surface area (Å²) in [7, 11) is 0. The zero-order valence-corrected chi connectivity index (χ0v) is 7.80. The third kappa shape index (κ3) is 1.45. The van der Waals surface area contributed by atoms with Crippen molar-refractivity contribution in [3.8, 4) is 0 Å². The SMILES string of the molecule is BrCC12COCC(COC1)O2. The van der Waals surface area contributed by atoms with Crippen LogP contribution in [0.4, 0.5) is 0 Å². The average molecular weight is 223 g/mol. The van der Waals surface area contributed by atoms with E-state index in [0.29, 0.717) is 26.4 Å². The van der Waals surface area contributed by atoms with Crippen LogP contribution < -0.4 is 0 Å². The van der Waals surface area contributed by atoms with Crippen LogP contribution in [0.1, 0.15) is 0 Å². The summed E-state index contributed by atoms with van der Waals surface area (Å²) in [5.41, 5.74) is -0.207. The minimum absolute atomic E-state index is 0.148. The normalized spacial score (nSPS) is 43.9. The third-order valence-electron chi connectivity index (χ3n) is 2.00. The van der Waals surface area contributed by atoms with Crippen LogP contribution in [0, 0.1) is 0 Å². The van der Waals surface area contributed by atoms with E-state index in [-0.39, 0.29) is 11.7 Å². The molecule has 2 saturated heterocycles. The number of halogens is 1. The first-order valence-electron chi connectivity index (χ1n) is 3.74. The van der Waals surface area contributed by atoms with E-state index >= 15 is 0 Å². The van der Waals surface area contributed by atoms with Crippen LogP contribution >= 0.6 is 15.9 Å². The largest absolute Gasteiger partial charge is 0.376 e. The number of hydrogen-bond acceptors (Lipinski definition) is 3. The maximum atomic E-state index is 5.76. The molecule has 0 N–H and O–H groups in total. The Hall–Kier alpha value is 0.360. The fourth-order valence-corrected chi connectivity index (χ4v) is 1.90. The monoisotopic (exact) mass is 222 g/mol. The van der Waals surface area contributed by atoms with Gasteiger partial charge >= 0.3 is 0 Å². The number of rotatable bonds is 1. The first-order chi connectivity index (χ1) is 5.35. The van der Waals surface area contributed by atoms with E-state index in [1.165, 1.54) is 0 Å². The van der Waals surface area contributed by atoms with Crippen molar-refractivity contribution in [1.82, 2.24) is 0 Å². The van der Waals surface area contributed by atoms with Gasteiger partial charge in [-0.2, -0.15) is 0 Å². The highest BCUT2D eigenvalue weighted by Crippen LogP contribution is 2.26. The lowest BCUT2D eigenvalue weighted by molar-refractivity contribution is -0.257. The molecule has 2 bridgehead atoms. The Morgan fingerprint density at radius 1 is 1.27 bits per heavy atom. The molecule has 0 radical (unpaired) electrons. The highest BCUT2D eigenvalue weighted by atomic mass is 79.9. The van der Waals surface area contributed by atoms with Crippen molar-refractivity contribution in [3.63, 3.8) is 0 Å². The van der Waals surface area contributed by atoms with E-state index in [2.05, 4.69) is 15.9 Å². The molecule has 2 fully saturated rings. The van der Waals surface area contributed by atoms with Crippen molar-refractivity contribution < 1.29 is 14.2 Å². The van der Waals surface area contributed by atoms with Crippen molar-refractivity contribution in [2.75, 3.05) is 31.8 Å². The Labute approximate surface area is 74.1 Å². The Morgan fingerprint density at radius 2 is 1.91 bits per heavy atom. The van der Waals surface area contributed by atoms with E-state index in [0.717, 1.165) is 5.33 Å². The van der Waals surface area contributed by atoms with E-state index in [1.54, 1.807) is 0 Å². The van der Waals surface area contributed by atoms with Crippen LogP contribution in [0.15, 0.2) is 0 Å². The lowest BCUT2D eigenvalue weighted by Gasteiger charge is -2.43. The second-order valence-electron chi connectivity index (χ2n) is 3.09. The van der Waals surface area contributed by atoms with Crippen LogP contribution in [-0.2, 0) is 14.2 Å². The maximum Gasteiger partial charge on any atom is 0.125 e. The number of alkyl halides is 1. The summed E-state index contributed by atoms with van der Waals surface area (Å²) in [5.74, 6) is 0. The standard InChI is InChI=1S/C7H11BrO3/c8-3-7-4-9-1-6(11-7)2-10-5-7/h6H,1-5H2. The molecule has 0 unspecified atom stereocenters. The minimum atomic E-state index is -0.207. The summed E-state index contributed by atoms with van der Waals surface area (Å²) >= 11 is 3.40. The smallest absolute Gasteiger partial charge is 0.125 e. The maximum absolute atomic E-state index is 5.76. The van der Waals surface area contributed by atoms with Crippen LogP contribution in [0.2, 0.25) is 0 Å². The summed E-state index contributed by atoms with van der Waals surface area (Å²) < 4.78 is 16.6. The molecule has 4 heteroatoms. The average Bonchev–Trinajstić information content (AvgIpc) is 2.05. The summed E-state index contributed by atoms with van der Waals surface area (Å²) in [5, 5.41) is 0.788. The molecule has 64 valence electrons. The molecule has 0 spiro atoms. The van der Waals surface area contributed by atoms with E-state index < -0.39 is 0 Å². The summed E-state index contributed by atoms with van der Waals surface area (Å²) in [6.07, 6.45) is 0.148. The molecule has 2 aliphatic rings. The first kappa shape index (κ1) is 7.98.